The van der Waals surface area contributed by atoms with E-state index in [0.29, 0.717) is 11.2 Å². The highest BCUT2D eigenvalue weighted by Crippen LogP contribution is 2.24. The van der Waals surface area contributed by atoms with Crippen LogP contribution in [0.4, 0.5) is 0 Å². The van der Waals surface area contributed by atoms with Crippen LogP contribution in [0.5, 0.6) is 0 Å². The molecule has 0 fully saturated rings. The zero-order valence-electron chi connectivity index (χ0n) is 8.23. The third-order valence-corrected chi connectivity index (χ3v) is 3.51. The lowest BCUT2D eigenvalue weighted by atomic mass is 10.2. The molecule has 0 aromatic carbocycles. The molecule has 13 heavy (non-hydrogen) atoms. The summed E-state index contributed by atoms with van der Waals surface area (Å²) in [5.41, 5.74) is 0. The Morgan fingerprint density at radius 3 is 2.54 bits per heavy atom. The molecule has 1 heterocycles. The zero-order chi connectivity index (χ0) is 9.84. The van der Waals surface area contributed by atoms with Gasteiger partial charge in [0.05, 0.1) is 0 Å². The third-order valence-electron chi connectivity index (χ3n) is 2.03. The van der Waals surface area contributed by atoms with Crippen LogP contribution in [-0.4, -0.2) is 5.25 Å². The first kappa shape index (κ1) is 10.4. The molecule has 0 saturated carbocycles. The average molecular weight is 197 g/mol. The largest absolute Gasteiger partial charge is 0.618 e. The second-order valence-corrected chi connectivity index (χ2v) is 4.83. The summed E-state index contributed by atoms with van der Waals surface area (Å²) in [6.45, 7) is 6.47. The number of rotatable bonds is 3. The molecule has 0 aliphatic carbocycles. The van der Waals surface area contributed by atoms with Crippen molar-refractivity contribution in [2.45, 2.75) is 31.0 Å². The quantitative estimate of drug-likeness (QED) is 0.423. The molecule has 1 aromatic heterocycles. The van der Waals surface area contributed by atoms with Gasteiger partial charge in [-0.15, -0.1) is 0 Å². The van der Waals surface area contributed by atoms with Crippen molar-refractivity contribution in [2.75, 3.05) is 0 Å². The summed E-state index contributed by atoms with van der Waals surface area (Å²) in [7, 11) is 0. The number of hydrogen-bond donors (Lipinski definition) is 0. The molecule has 0 aliphatic rings. The number of thioether (sulfide) groups is 1. The van der Waals surface area contributed by atoms with E-state index in [9.17, 15) is 5.21 Å². The van der Waals surface area contributed by atoms with Gasteiger partial charge in [0.15, 0.2) is 6.20 Å². The summed E-state index contributed by atoms with van der Waals surface area (Å²) < 4.78 is 0.920. The predicted octanol–water partition coefficient (Wildman–Crippen LogP) is 2.46. The molecule has 0 saturated heterocycles. The van der Waals surface area contributed by atoms with Crippen molar-refractivity contribution in [3.05, 3.63) is 29.6 Å². The maximum atomic E-state index is 11.3. The van der Waals surface area contributed by atoms with E-state index in [1.165, 1.54) is 6.20 Å². The normalized spacial score (nSPS) is 13.2. The molecule has 0 radical (unpaired) electrons. The topological polar surface area (TPSA) is 26.9 Å². The van der Waals surface area contributed by atoms with Gasteiger partial charge >= 0.3 is 0 Å². The Morgan fingerprint density at radius 1 is 1.31 bits per heavy atom. The van der Waals surface area contributed by atoms with Crippen LogP contribution >= 0.6 is 11.8 Å². The first-order valence-corrected chi connectivity index (χ1v) is 5.34. The lowest BCUT2D eigenvalue weighted by Gasteiger charge is -2.13. The molecular weight excluding hydrogens is 182 g/mol. The van der Waals surface area contributed by atoms with Crippen molar-refractivity contribution in [3.63, 3.8) is 0 Å². The summed E-state index contributed by atoms with van der Waals surface area (Å²) >= 11 is 1.63. The van der Waals surface area contributed by atoms with E-state index >= 15 is 0 Å². The Hall–Kier alpha value is -0.700. The standard InChI is InChI=1S/C10H15NOS/c1-8(2)9(3)13-10-6-4-5-7-11(10)12/h4-9H,1-3H3. The van der Waals surface area contributed by atoms with Gasteiger partial charge in [-0.1, -0.05) is 32.5 Å². The summed E-state index contributed by atoms with van der Waals surface area (Å²) in [6, 6.07) is 5.50. The molecule has 72 valence electrons. The number of nitrogens with zero attached hydrogens (tertiary/aromatic N) is 1. The van der Waals surface area contributed by atoms with E-state index < -0.39 is 0 Å². The monoisotopic (exact) mass is 197 g/mol. The maximum Gasteiger partial charge on any atom is 0.251 e. The van der Waals surface area contributed by atoms with Crippen molar-refractivity contribution in [2.24, 2.45) is 5.92 Å². The van der Waals surface area contributed by atoms with Crippen molar-refractivity contribution in [1.29, 1.82) is 0 Å². The molecule has 1 unspecified atom stereocenters. The molecule has 3 heteroatoms. The fourth-order valence-corrected chi connectivity index (χ4v) is 1.81. The average Bonchev–Trinajstić information content (AvgIpc) is 2.08. The Labute approximate surface area is 83.6 Å². The van der Waals surface area contributed by atoms with E-state index in [0.717, 1.165) is 9.76 Å². The highest BCUT2D eigenvalue weighted by molar-refractivity contribution is 7.99. The van der Waals surface area contributed by atoms with Crippen LogP contribution in [-0.2, 0) is 0 Å². The zero-order valence-corrected chi connectivity index (χ0v) is 9.04. The number of pyridine rings is 1. The van der Waals surface area contributed by atoms with Crippen molar-refractivity contribution < 1.29 is 4.73 Å². The second-order valence-electron chi connectivity index (χ2n) is 3.43. The van der Waals surface area contributed by atoms with E-state index in [1.807, 2.05) is 12.1 Å². The third kappa shape index (κ3) is 2.92. The summed E-state index contributed by atoms with van der Waals surface area (Å²) in [5.74, 6) is 0.588. The lowest BCUT2D eigenvalue weighted by molar-refractivity contribution is -0.645. The van der Waals surface area contributed by atoms with Gasteiger partial charge in [0.25, 0.3) is 5.03 Å². The smallest absolute Gasteiger partial charge is 0.251 e. The summed E-state index contributed by atoms with van der Waals surface area (Å²) in [4.78, 5) is 0. The Morgan fingerprint density at radius 2 is 2.00 bits per heavy atom. The van der Waals surface area contributed by atoms with Crippen LogP contribution in [0, 0.1) is 11.1 Å². The van der Waals surface area contributed by atoms with Crippen LogP contribution in [0.15, 0.2) is 29.4 Å². The maximum absolute atomic E-state index is 11.3. The van der Waals surface area contributed by atoms with Crippen LogP contribution in [0.3, 0.4) is 0 Å². The van der Waals surface area contributed by atoms with E-state index in [1.54, 1.807) is 17.8 Å². The van der Waals surface area contributed by atoms with Gasteiger partial charge < -0.3 is 5.21 Å². The van der Waals surface area contributed by atoms with Crippen molar-refractivity contribution in [3.8, 4) is 0 Å². The minimum Gasteiger partial charge on any atom is -0.618 e. The molecule has 1 atom stereocenters. The lowest BCUT2D eigenvalue weighted by Crippen LogP contribution is -2.28. The number of hydrogen-bond acceptors (Lipinski definition) is 2. The van der Waals surface area contributed by atoms with Gasteiger partial charge in [0.1, 0.15) is 0 Å². The molecule has 0 aliphatic heterocycles. The van der Waals surface area contributed by atoms with E-state index in [4.69, 9.17) is 0 Å². The first-order chi connectivity index (χ1) is 6.11. The van der Waals surface area contributed by atoms with E-state index in [-0.39, 0.29) is 0 Å². The molecule has 2 nitrogen and oxygen atoms in total. The molecule has 0 N–H and O–H groups in total. The Bertz CT molecular complexity index is 275. The molecule has 1 rings (SSSR count). The summed E-state index contributed by atoms with van der Waals surface area (Å²) in [5, 5.41) is 12.5. The fraction of sp³-hybridized carbons (Fsp3) is 0.500. The van der Waals surface area contributed by atoms with Gasteiger partial charge in [0, 0.05) is 17.4 Å². The first-order valence-electron chi connectivity index (χ1n) is 4.46. The molecular formula is C10H15NOS. The molecule has 1 aromatic rings. The highest BCUT2D eigenvalue weighted by atomic mass is 32.2. The minimum atomic E-state index is 0.475. The highest BCUT2D eigenvalue weighted by Gasteiger charge is 2.13. The molecule has 0 spiro atoms. The molecule has 0 bridgehead atoms. The Kier molecular flexibility index (Phi) is 3.60. The van der Waals surface area contributed by atoms with Crippen molar-refractivity contribution in [1.82, 2.24) is 0 Å². The van der Waals surface area contributed by atoms with Gasteiger partial charge in [-0.25, -0.2) is 0 Å². The summed E-state index contributed by atoms with van der Waals surface area (Å²) in [6.07, 6.45) is 1.54. The van der Waals surface area contributed by atoms with E-state index in [2.05, 4.69) is 20.8 Å². The minimum absolute atomic E-state index is 0.475. The van der Waals surface area contributed by atoms with Gasteiger partial charge in [0.2, 0.25) is 0 Å². The van der Waals surface area contributed by atoms with Gasteiger partial charge in [-0.3, -0.25) is 0 Å². The molecule has 0 amide bonds. The SMILES string of the molecule is CC(C)C(C)Sc1cccc[n+]1[O-]. The number of aromatic nitrogens is 1. The van der Waals surface area contributed by atoms with Crippen LogP contribution in [0.1, 0.15) is 20.8 Å². The van der Waals surface area contributed by atoms with Crippen molar-refractivity contribution >= 4 is 11.8 Å². The predicted molar refractivity (Wildman–Crippen MR) is 55.6 cm³/mol. The second kappa shape index (κ2) is 4.51. The fourth-order valence-electron chi connectivity index (χ4n) is 0.830. The van der Waals surface area contributed by atoms with Gasteiger partial charge in [-0.2, -0.15) is 4.73 Å². The van der Waals surface area contributed by atoms with Crippen LogP contribution < -0.4 is 4.73 Å². The van der Waals surface area contributed by atoms with Gasteiger partial charge in [-0.05, 0) is 12.0 Å². The van der Waals surface area contributed by atoms with Crippen LogP contribution in [0.2, 0.25) is 0 Å². The Balaban J connectivity index is 2.69. The van der Waals surface area contributed by atoms with Crippen LogP contribution in [0.25, 0.3) is 0 Å².